The van der Waals surface area contributed by atoms with Crippen LogP contribution >= 0.6 is 0 Å². The summed E-state index contributed by atoms with van der Waals surface area (Å²) < 4.78 is 45.9. The van der Waals surface area contributed by atoms with Gasteiger partial charge in [0.1, 0.15) is 35.0 Å². The number of hydrogen-bond donors (Lipinski definition) is 2. The number of sulfone groups is 1. The van der Waals surface area contributed by atoms with Gasteiger partial charge in [-0.3, -0.25) is 28.9 Å². The fourth-order valence-electron chi connectivity index (χ4n) is 7.77. The smallest absolute Gasteiger partial charge is 0.410 e. The average Bonchev–Trinajstić information content (AvgIpc) is 3.97. The molecule has 3 amide bonds. The van der Waals surface area contributed by atoms with Crippen molar-refractivity contribution in [1.29, 1.82) is 0 Å². The molecule has 3 fully saturated rings. The Kier molecular flexibility index (Phi) is 11.2. The lowest BCUT2D eigenvalue weighted by atomic mass is 9.92. The van der Waals surface area contributed by atoms with Gasteiger partial charge in [-0.1, -0.05) is 37.1 Å². The van der Waals surface area contributed by atoms with Crippen molar-refractivity contribution in [3.05, 3.63) is 47.3 Å². The number of carboxylic acids is 1. The van der Waals surface area contributed by atoms with Gasteiger partial charge in [0, 0.05) is 49.6 Å². The lowest BCUT2D eigenvalue weighted by Gasteiger charge is -2.29. The molecule has 2 saturated carbocycles. The highest BCUT2D eigenvalue weighted by Gasteiger charge is 2.61. The molecular formula is C37H46FN3O10S. The minimum atomic E-state index is -3.68. The summed E-state index contributed by atoms with van der Waals surface area (Å²) in [5.74, 6) is -5.44. The van der Waals surface area contributed by atoms with Crippen molar-refractivity contribution >= 4 is 45.3 Å². The zero-order valence-electron chi connectivity index (χ0n) is 29.1. The summed E-state index contributed by atoms with van der Waals surface area (Å²) in [5.41, 5.74) is -0.423. The maximum absolute atomic E-state index is 14.4. The predicted molar refractivity (Wildman–Crippen MR) is 184 cm³/mol. The van der Waals surface area contributed by atoms with Gasteiger partial charge >= 0.3 is 12.1 Å². The highest BCUT2D eigenvalue weighted by Crippen LogP contribution is 2.47. The Hall–Kier alpha value is -4.14. The highest BCUT2D eigenvalue weighted by atomic mass is 32.2. The molecule has 3 heterocycles. The number of rotatable bonds is 11. The fourth-order valence-corrected chi connectivity index (χ4v) is 9.48. The first kappa shape index (κ1) is 37.6. The van der Waals surface area contributed by atoms with Crippen molar-refractivity contribution in [2.75, 3.05) is 12.3 Å². The molecule has 0 aromatic heterocycles. The summed E-state index contributed by atoms with van der Waals surface area (Å²) in [5, 5.41) is 11.3. The van der Waals surface area contributed by atoms with Crippen molar-refractivity contribution in [3.8, 4) is 0 Å². The molecule has 2 aliphatic carbocycles. The van der Waals surface area contributed by atoms with E-state index in [2.05, 4.69) is 5.32 Å². The number of ether oxygens (including phenoxy) is 1. The highest BCUT2D eigenvalue weighted by molar-refractivity contribution is 7.93. The minimum absolute atomic E-state index is 0.00448. The normalized spacial score (nSPS) is 28.4. The molecule has 52 heavy (non-hydrogen) atoms. The van der Waals surface area contributed by atoms with Crippen LogP contribution in [0.4, 0.5) is 9.18 Å². The van der Waals surface area contributed by atoms with Crippen LogP contribution in [-0.2, 0) is 51.6 Å². The van der Waals surface area contributed by atoms with Crippen LogP contribution < -0.4 is 5.32 Å². The van der Waals surface area contributed by atoms with Crippen LogP contribution in [0.3, 0.4) is 0 Å². The molecule has 0 spiro atoms. The average molecular weight is 744 g/mol. The Balaban J connectivity index is 1.23. The number of fused-ring (bicyclic) bond motifs is 3. The molecule has 3 aliphatic heterocycles. The largest absolute Gasteiger partial charge is 0.481 e. The van der Waals surface area contributed by atoms with Gasteiger partial charge in [0.25, 0.3) is 0 Å². The minimum Gasteiger partial charge on any atom is -0.481 e. The van der Waals surface area contributed by atoms with E-state index in [-0.39, 0.29) is 63.9 Å². The zero-order chi connectivity index (χ0) is 37.2. The molecule has 15 heteroatoms. The Bertz CT molecular complexity index is 1760. The molecular weight excluding hydrogens is 697 g/mol. The molecule has 0 bridgehead atoms. The van der Waals surface area contributed by atoms with Crippen molar-refractivity contribution in [3.63, 3.8) is 0 Å². The molecule has 0 unspecified atom stereocenters. The molecule has 13 nitrogen and oxygen atoms in total. The zero-order valence-corrected chi connectivity index (χ0v) is 29.9. The fraction of sp³-hybridized carbons (Fsp3) is 0.622. The van der Waals surface area contributed by atoms with E-state index < -0.39 is 85.8 Å². The number of ketones is 2. The first-order valence-corrected chi connectivity index (χ1v) is 20.0. The second-order valence-electron chi connectivity index (χ2n) is 14.9. The Morgan fingerprint density at radius 3 is 2.56 bits per heavy atom. The van der Waals surface area contributed by atoms with E-state index in [4.69, 9.17) is 9.84 Å². The number of nitrogens with one attached hydrogen (secondary N) is 1. The van der Waals surface area contributed by atoms with Gasteiger partial charge in [-0.25, -0.2) is 17.6 Å². The van der Waals surface area contributed by atoms with E-state index in [1.165, 1.54) is 15.9 Å². The topological polar surface area (TPSA) is 185 Å². The quantitative estimate of drug-likeness (QED) is 0.318. The van der Waals surface area contributed by atoms with Gasteiger partial charge in [-0.05, 0) is 56.6 Å². The van der Waals surface area contributed by atoms with E-state index in [1.807, 2.05) is 12.2 Å². The van der Waals surface area contributed by atoms with Crippen LogP contribution in [0.25, 0.3) is 0 Å². The lowest BCUT2D eigenvalue weighted by molar-refractivity contribution is -0.144. The summed E-state index contributed by atoms with van der Waals surface area (Å²) in [6, 6.07) is 3.40. The lowest BCUT2D eigenvalue weighted by Crippen LogP contribution is -2.54. The molecule has 2 N–H and O–H groups in total. The number of hydrogen-bond acceptors (Lipinski definition) is 9. The SMILES string of the molecule is O=C(O)CCCC(=O)C[C@H]1CCCCC/C=C\[C@@H]2C[C@@]2(C(=O)CS(=O)(=O)C2CC2)NC(=O)[C@@H]2C[C@@H](OC(=O)N3Cc4cccc(F)c4C3)CN2C1=O. The maximum atomic E-state index is 14.4. The van der Waals surface area contributed by atoms with Gasteiger partial charge in [-0.15, -0.1) is 0 Å². The number of halogens is 1. The number of allylic oxidation sites excluding steroid dienone is 1. The van der Waals surface area contributed by atoms with Crippen LogP contribution in [-0.4, -0.2) is 94.0 Å². The molecule has 5 atom stereocenters. The number of nitrogens with zero attached hydrogens (tertiary/aromatic N) is 2. The monoisotopic (exact) mass is 743 g/mol. The second kappa shape index (κ2) is 15.5. The van der Waals surface area contributed by atoms with E-state index in [1.54, 1.807) is 12.1 Å². The van der Waals surface area contributed by atoms with Crippen molar-refractivity contribution in [2.45, 2.75) is 119 Å². The standard InChI is InChI=1S/C37H46FN3O10S/c38-30-12-6-9-24-19-40(21-29(24)30)36(48)51-27-17-31-34(46)39-37(32(43)22-52(49,50)28-14-15-28)18-25(37)10-5-3-1-2-4-8-23(35(47)41(31)20-27)16-26(42)11-7-13-33(44)45/h5-6,9-10,12,23,25,27-28,31H,1-4,7-8,11,13-22H2,(H,39,46)(H,44,45)/b10-5-/t23-,25-,27-,31+,37-/m1/s1. The number of amides is 3. The van der Waals surface area contributed by atoms with Crippen LogP contribution in [0.2, 0.25) is 0 Å². The second-order valence-corrected chi connectivity index (χ2v) is 17.2. The van der Waals surface area contributed by atoms with Gasteiger partial charge < -0.3 is 20.1 Å². The molecule has 1 aromatic carbocycles. The third kappa shape index (κ3) is 8.56. The van der Waals surface area contributed by atoms with Crippen LogP contribution in [0.1, 0.15) is 94.6 Å². The van der Waals surface area contributed by atoms with Gasteiger partial charge in [-0.2, -0.15) is 0 Å². The number of carboxylic acid groups (broad SMARTS) is 1. The summed E-state index contributed by atoms with van der Waals surface area (Å²) in [7, 11) is -3.68. The summed E-state index contributed by atoms with van der Waals surface area (Å²) in [6.45, 7) is -0.0437. The summed E-state index contributed by atoms with van der Waals surface area (Å²) >= 11 is 0. The predicted octanol–water partition coefficient (Wildman–Crippen LogP) is 3.62. The molecule has 0 radical (unpaired) electrons. The molecule has 5 aliphatic rings. The molecule has 282 valence electrons. The first-order chi connectivity index (χ1) is 24.8. The molecule has 6 rings (SSSR count). The number of Topliss-reactive ketones (excluding diaryl/α,β-unsaturated/α-hetero) is 2. The molecule has 1 saturated heterocycles. The number of aliphatic carboxylic acids is 1. The van der Waals surface area contributed by atoms with Gasteiger partial charge in [0.05, 0.1) is 18.3 Å². The third-order valence-corrected chi connectivity index (χ3v) is 13.1. The van der Waals surface area contributed by atoms with Crippen molar-refractivity contribution in [1.82, 2.24) is 15.1 Å². The Labute approximate surface area is 302 Å². The number of carbonyl (C=O) groups is 6. The van der Waals surface area contributed by atoms with E-state index in [0.29, 0.717) is 43.2 Å². The summed E-state index contributed by atoms with van der Waals surface area (Å²) in [4.78, 5) is 82.2. The van der Waals surface area contributed by atoms with E-state index in [9.17, 15) is 41.6 Å². The Morgan fingerprint density at radius 1 is 1.04 bits per heavy atom. The van der Waals surface area contributed by atoms with Crippen LogP contribution in [0.5, 0.6) is 0 Å². The maximum Gasteiger partial charge on any atom is 0.410 e. The van der Waals surface area contributed by atoms with Gasteiger partial charge in [0.2, 0.25) is 11.8 Å². The third-order valence-electron chi connectivity index (χ3n) is 11.0. The van der Waals surface area contributed by atoms with Gasteiger partial charge in [0.15, 0.2) is 15.6 Å². The van der Waals surface area contributed by atoms with Crippen LogP contribution in [0.15, 0.2) is 30.4 Å². The van der Waals surface area contributed by atoms with E-state index in [0.717, 1.165) is 12.8 Å². The number of carbonyl (C=O) groups excluding carboxylic acids is 5. The van der Waals surface area contributed by atoms with Crippen LogP contribution in [0, 0.1) is 17.7 Å². The molecule has 1 aromatic rings. The van der Waals surface area contributed by atoms with E-state index >= 15 is 0 Å². The van der Waals surface area contributed by atoms with Crippen molar-refractivity contribution < 1.29 is 51.4 Å². The number of benzene rings is 1. The Morgan fingerprint density at radius 2 is 1.83 bits per heavy atom. The van der Waals surface area contributed by atoms with Crippen molar-refractivity contribution in [2.24, 2.45) is 11.8 Å². The first-order valence-electron chi connectivity index (χ1n) is 18.3. The summed E-state index contributed by atoms with van der Waals surface area (Å²) in [6.07, 6.45) is 6.15.